The summed E-state index contributed by atoms with van der Waals surface area (Å²) < 4.78 is 1.63. The Kier molecular flexibility index (Phi) is 5.38. The maximum atomic E-state index is 11.6. The minimum Gasteiger partial charge on any atom is -0.369 e. The quantitative estimate of drug-likeness (QED) is 0.761. The number of anilines is 1. The van der Waals surface area contributed by atoms with Crippen LogP contribution in [-0.2, 0) is 5.75 Å². The molecule has 7 nitrogen and oxygen atoms in total. The summed E-state index contributed by atoms with van der Waals surface area (Å²) in [5, 5.41) is 10.4. The normalized spacial score (nSPS) is 11.0. The third kappa shape index (κ3) is 4.07. The first-order valence-electron chi connectivity index (χ1n) is 6.96. The van der Waals surface area contributed by atoms with Crippen LogP contribution in [0.1, 0.15) is 38.9 Å². The minimum absolute atomic E-state index is 0.0745. The van der Waals surface area contributed by atoms with E-state index < -0.39 is 0 Å². The van der Waals surface area contributed by atoms with E-state index in [1.54, 1.807) is 17.0 Å². The molecule has 8 heteroatoms. The summed E-state index contributed by atoms with van der Waals surface area (Å²) in [6, 6.07) is 0.0745. The number of aromatic nitrogens is 5. The van der Waals surface area contributed by atoms with Gasteiger partial charge in [-0.1, -0.05) is 18.7 Å². The Balaban J connectivity index is 1.98. The maximum Gasteiger partial charge on any atom is 0.344 e. The van der Waals surface area contributed by atoms with E-state index in [1.165, 1.54) is 11.8 Å². The largest absolute Gasteiger partial charge is 0.369 e. The van der Waals surface area contributed by atoms with Gasteiger partial charge in [0.25, 0.3) is 0 Å². The van der Waals surface area contributed by atoms with Gasteiger partial charge in [0.1, 0.15) is 5.82 Å². The highest BCUT2D eigenvalue weighted by Crippen LogP contribution is 2.20. The zero-order chi connectivity index (χ0) is 15.2. The molecule has 0 aliphatic rings. The highest BCUT2D eigenvalue weighted by atomic mass is 32.2. The lowest BCUT2D eigenvalue weighted by Crippen LogP contribution is -2.19. The van der Waals surface area contributed by atoms with Crippen LogP contribution in [0.15, 0.2) is 22.3 Å². The van der Waals surface area contributed by atoms with E-state index in [0.29, 0.717) is 10.9 Å². The smallest absolute Gasteiger partial charge is 0.344 e. The molecule has 0 aliphatic heterocycles. The lowest BCUT2D eigenvalue weighted by Gasteiger charge is -2.08. The number of aromatic amines is 1. The number of rotatable bonds is 7. The third-order valence-electron chi connectivity index (χ3n) is 2.80. The van der Waals surface area contributed by atoms with Crippen LogP contribution in [0.2, 0.25) is 0 Å². The average molecular weight is 308 g/mol. The Morgan fingerprint density at radius 1 is 1.38 bits per heavy atom. The molecule has 2 aromatic heterocycles. The second-order valence-corrected chi connectivity index (χ2v) is 5.83. The van der Waals surface area contributed by atoms with Gasteiger partial charge in [0, 0.05) is 18.3 Å². The molecule has 0 atom stereocenters. The monoisotopic (exact) mass is 308 g/mol. The predicted molar refractivity (Wildman–Crippen MR) is 83.6 cm³/mol. The van der Waals surface area contributed by atoms with Gasteiger partial charge in [-0.25, -0.2) is 14.9 Å². The van der Waals surface area contributed by atoms with Gasteiger partial charge in [-0.2, -0.15) is 0 Å². The molecule has 0 radical (unpaired) electrons. The molecule has 21 heavy (non-hydrogen) atoms. The van der Waals surface area contributed by atoms with Crippen molar-refractivity contribution in [1.82, 2.24) is 24.7 Å². The molecule has 0 saturated carbocycles. The molecular weight excluding hydrogens is 288 g/mol. The van der Waals surface area contributed by atoms with Gasteiger partial charge in [-0.05, 0) is 20.3 Å². The fourth-order valence-electron chi connectivity index (χ4n) is 1.76. The summed E-state index contributed by atoms with van der Waals surface area (Å²) in [6.45, 7) is 6.89. The fourth-order valence-corrected chi connectivity index (χ4v) is 2.73. The van der Waals surface area contributed by atoms with Crippen LogP contribution in [-0.4, -0.2) is 31.3 Å². The van der Waals surface area contributed by atoms with Crippen molar-refractivity contribution in [1.29, 1.82) is 0 Å². The lowest BCUT2D eigenvalue weighted by molar-refractivity contribution is 0.534. The summed E-state index contributed by atoms with van der Waals surface area (Å²) in [7, 11) is 0. The third-order valence-corrected chi connectivity index (χ3v) is 3.79. The molecule has 2 rings (SSSR count). The summed E-state index contributed by atoms with van der Waals surface area (Å²) in [4.78, 5) is 20.3. The van der Waals surface area contributed by atoms with Gasteiger partial charge in [-0.3, -0.25) is 9.55 Å². The van der Waals surface area contributed by atoms with Gasteiger partial charge in [0.05, 0.1) is 18.1 Å². The number of hydrogen-bond donors (Lipinski definition) is 2. The van der Waals surface area contributed by atoms with Gasteiger partial charge >= 0.3 is 5.69 Å². The number of thioether (sulfide) groups is 1. The molecule has 2 aromatic rings. The van der Waals surface area contributed by atoms with Crippen LogP contribution < -0.4 is 11.0 Å². The van der Waals surface area contributed by atoms with E-state index in [2.05, 4.69) is 32.4 Å². The second kappa shape index (κ2) is 7.26. The van der Waals surface area contributed by atoms with Crippen LogP contribution in [0.25, 0.3) is 0 Å². The topological polar surface area (TPSA) is 88.5 Å². The Bertz CT molecular complexity index is 618. The second-order valence-electron chi connectivity index (χ2n) is 4.88. The van der Waals surface area contributed by atoms with E-state index >= 15 is 0 Å². The van der Waals surface area contributed by atoms with Gasteiger partial charge in [0.2, 0.25) is 0 Å². The molecule has 0 fully saturated rings. The zero-order valence-corrected chi connectivity index (χ0v) is 13.3. The minimum atomic E-state index is -0.183. The van der Waals surface area contributed by atoms with Crippen molar-refractivity contribution < 1.29 is 0 Å². The maximum absolute atomic E-state index is 11.6. The number of nitrogens with one attached hydrogen (secondary N) is 2. The van der Waals surface area contributed by atoms with Crippen LogP contribution >= 0.6 is 11.8 Å². The van der Waals surface area contributed by atoms with Gasteiger partial charge in [0.15, 0.2) is 5.16 Å². The van der Waals surface area contributed by atoms with Crippen molar-refractivity contribution in [2.45, 2.75) is 44.1 Å². The summed E-state index contributed by atoms with van der Waals surface area (Å²) in [5.74, 6) is 1.40. The molecule has 0 bridgehead atoms. The predicted octanol–water partition coefficient (Wildman–Crippen LogP) is 2.06. The molecular formula is C13H20N6OS. The molecule has 0 aliphatic carbocycles. The van der Waals surface area contributed by atoms with Crippen LogP contribution in [0.3, 0.4) is 0 Å². The number of nitrogens with zero attached hydrogens (tertiary/aromatic N) is 4. The van der Waals surface area contributed by atoms with E-state index in [4.69, 9.17) is 0 Å². The lowest BCUT2D eigenvalue weighted by atomic mass is 10.4. The average Bonchev–Trinajstić information content (AvgIpc) is 2.85. The Hall–Kier alpha value is -1.83. The van der Waals surface area contributed by atoms with Crippen molar-refractivity contribution in [2.75, 3.05) is 11.9 Å². The highest BCUT2D eigenvalue weighted by Gasteiger charge is 2.12. The van der Waals surface area contributed by atoms with E-state index in [9.17, 15) is 4.79 Å². The Morgan fingerprint density at radius 3 is 2.81 bits per heavy atom. The standard InChI is InChI=1S/C13H20N6OS/c1-4-5-14-11-7-15-10(6-16-11)8-21-13-18-17-12(20)19(13)9(2)3/h6-7,9H,4-5,8H2,1-3H3,(H,14,16)(H,17,20). The first-order valence-corrected chi connectivity index (χ1v) is 7.95. The molecule has 2 heterocycles. The van der Waals surface area contributed by atoms with Gasteiger partial charge < -0.3 is 5.32 Å². The zero-order valence-electron chi connectivity index (χ0n) is 12.5. The summed E-state index contributed by atoms with van der Waals surface area (Å²) >= 11 is 1.47. The molecule has 0 amide bonds. The van der Waals surface area contributed by atoms with Crippen molar-refractivity contribution in [3.8, 4) is 0 Å². The van der Waals surface area contributed by atoms with Crippen molar-refractivity contribution in [2.24, 2.45) is 0 Å². The van der Waals surface area contributed by atoms with Crippen molar-refractivity contribution in [3.63, 3.8) is 0 Å². The first kappa shape index (κ1) is 15.6. The SMILES string of the molecule is CCCNc1cnc(CSc2n[nH]c(=O)n2C(C)C)cn1. The molecule has 2 N–H and O–H groups in total. The van der Waals surface area contributed by atoms with Crippen LogP contribution in [0.5, 0.6) is 0 Å². The van der Waals surface area contributed by atoms with Crippen LogP contribution in [0, 0.1) is 0 Å². The first-order chi connectivity index (χ1) is 10.1. The van der Waals surface area contributed by atoms with E-state index in [-0.39, 0.29) is 11.7 Å². The van der Waals surface area contributed by atoms with Gasteiger partial charge in [-0.15, -0.1) is 5.10 Å². The molecule has 0 saturated heterocycles. The summed E-state index contributed by atoms with van der Waals surface area (Å²) in [6.07, 6.45) is 4.52. The van der Waals surface area contributed by atoms with Crippen LogP contribution in [0.4, 0.5) is 5.82 Å². The fraction of sp³-hybridized carbons (Fsp3) is 0.538. The molecule has 0 unspecified atom stereocenters. The van der Waals surface area contributed by atoms with E-state index in [1.807, 2.05) is 13.8 Å². The van der Waals surface area contributed by atoms with Crippen molar-refractivity contribution >= 4 is 17.6 Å². The number of H-pyrrole nitrogens is 1. The van der Waals surface area contributed by atoms with Crippen molar-refractivity contribution in [3.05, 3.63) is 28.6 Å². The van der Waals surface area contributed by atoms with E-state index in [0.717, 1.165) is 24.5 Å². The molecule has 0 aromatic carbocycles. The molecule has 0 spiro atoms. The Morgan fingerprint density at radius 2 is 2.19 bits per heavy atom. The molecule has 114 valence electrons. The Labute approximate surface area is 127 Å². The summed E-state index contributed by atoms with van der Waals surface area (Å²) in [5.41, 5.74) is 0.672. The highest BCUT2D eigenvalue weighted by molar-refractivity contribution is 7.98. The number of hydrogen-bond acceptors (Lipinski definition) is 6.